The van der Waals surface area contributed by atoms with Crippen molar-refractivity contribution in [1.29, 1.82) is 0 Å². The number of aromatic nitrogens is 2. The van der Waals surface area contributed by atoms with E-state index in [2.05, 4.69) is 15.5 Å². The lowest BCUT2D eigenvalue weighted by atomic mass is 10.1. The topological polar surface area (TPSA) is 75.2 Å². The predicted molar refractivity (Wildman–Crippen MR) is 58.1 cm³/mol. The average Bonchev–Trinajstić information content (AvgIpc) is 2.65. The summed E-state index contributed by atoms with van der Waals surface area (Å²) in [6, 6.07) is -0.415. The number of amides is 3. The van der Waals surface area contributed by atoms with Crippen LogP contribution in [0.25, 0.3) is 0 Å². The lowest BCUT2D eigenvalue weighted by Gasteiger charge is -2.14. The molecule has 1 fully saturated rings. The summed E-state index contributed by atoms with van der Waals surface area (Å²) in [5.41, 5.74) is -0.856. The number of nitrogens with one attached hydrogen (secondary N) is 1. The minimum absolute atomic E-state index is 0.110. The number of rotatable bonds is 2. The maximum absolute atomic E-state index is 11.8. The van der Waals surface area contributed by atoms with Gasteiger partial charge in [0.05, 0.1) is 6.54 Å². The van der Waals surface area contributed by atoms with Crippen molar-refractivity contribution in [3.8, 4) is 0 Å². The monoisotopic (exact) mass is 260 g/mol. The average molecular weight is 261 g/mol. The highest BCUT2D eigenvalue weighted by Crippen LogP contribution is 2.22. The molecule has 2 heterocycles. The quantitative estimate of drug-likeness (QED) is 0.806. The van der Waals surface area contributed by atoms with Crippen LogP contribution in [0.5, 0.6) is 0 Å². The molecule has 0 saturated carbocycles. The summed E-state index contributed by atoms with van der Waals surface area (Å²) >= 11 is 6.76. The molecule has 0 radical (unpaired) electrons. The van der Waals surface area contributed by atoms with Crippen LogP contribution in [-0.2, 0) is 11.3 Å². The van der Waals surface area contributed by atoms with E-state index in [1.165, 1.54) is 0 Å². The zero-order valence-corrected chi connectivity index (χ0v) is 10.2. The number of hydrogen-bond acceptors (Lipinski definition) is 5. The van der Waals surface area contributed by atoms with Crippen LogP contribution in [0.1, 0.15) is 18.9 Å². The lowest BCUT2D eigenvalue weighted by Crippen LogP contribution is -2.40. The van der Waals surface area contributed by atoms with Crippen LogP contribution >= 0.6 is 22.9 Å². The van der Waals surface area contributed by atoms with E-state index in [-0.39, 0.29) is 12.5 Å². The van der Waals surface area contributed by atoms with Crippen LogP contribution < -0.4 is 5.32 Å². The van der Waals surface area contributed by atoms with Crippen molar-refractivity contribution >= 4 is 34.9 Å². The summed E-state index contributed by atoms with van der Waals surface area (Å²) in [5, 5.41) is 10.5. The highest BCUT2D eigenvalue weighted by molar-refractivity contribution is 7.15. The Labute approximate surface area is 101 Å². The molecule has 6 nitrogen and oxygen atoms in total. The molecule has 1 aliphatic heterocycles. The molecule has 16 heavy (non-hydrogen) atoms. The van der Waals surface area contributed by atoms with E-state index in [1.807, 2.05) is 0 Å². The molecule has 0 bridgehead atoms. The first-order valence-electron chi connectivity index (χ1n) is 4.52. The first-order valence-corrected chi connectivity index (χ1v) is 5.71. The zero-order valence-electron chi connectivity index (χ0n) is 8.65. The van der Waals surface area contributed by atoms with Crippen molar-refractivity contribution < 1.29 is 9.59 Å². The minimum atomic E-state index is -0.856. The molecule has 0 atom stereocenters. The molecule has 0 unspecified atom stereocenters. The SMILES string of the molecule is CC1(C)NC(=O)N(Cc2nnc(Cl)s2)C1=O. The Balaban J connectivity index is 2.17. The third kappa shape index (κ3) is 1.88. The molecule has 0 aromatic carbocycles. The molecule has 8 heteroatoms. The molecule has 1 aliphatic rings. The van der Waals surface area contributed by atoms with Gasteiger partial charge < -0.3 is 5.32 Å². The van der Waals surface area contributed by atoms with Gasteiger partial charge in [-0.05, 0) is 25.4 Å². The van der Waals surface area contributed by atoms with Crippen LogP contribution in [0.2, 0.25) is 4.47 Å². The Bertz CT molecular complexity index is 459. The Morgan fingerprint density at radius 1 is 1.44 bits per heavy atom. The van der Waals surface area contributed by atoms with E-state index in [1.54, 1.807) is 13.8 Å². The van der Waals surface area contributed by atoms with Crippen LogP contribution in [0, 0.1) is 0 Å². The maximum Gasteiger partial charge on any atom is 0.325 e. The number of nitrogens with zero attached hydrogens (tertiary/aromatic N) is 3. The number of carbonyl (C=O) groups excluding carboxylic acids is 2. The van der Waals surface area contributed by atoms with Gasteiger partial charge in [-0.1, -0.05) is 11.3 Å². The summed E-state index contributed by atoms with van der Waals surface area (Å²) < 4.78 is 0.293. The van der Waals surface area contributed by atoms with E-state index >= 15 is 0 Å². The Morgan fingerprint density at radius 3 is 2.56 bits per heavy atom. The first-order chi connectivity index (χ1) is 7.40. The van der Waals surface area contributed by atoms with Gasteiger partial charge in [-0.2, -0.15) is 0 Å². The normalized spacial score (nSPS) is 19.1. The molecule has 1 N–H and O–H groups in total. The summed E-state index contributed by atoms with van der Waals surface area (Å²) in [4.78, 5) is 24.5. The second-order valence-corrected chi connectivity index (χ2v) is 5.54. The van der Waals surface area contributed by atoms with Gasteiger partial charge in [-0.15, -0.1) is 10.2 Å². The maximum atomic E-state index is 11.8. The van der Waals surface area contributed by atoms with Gasteiger partial charge in [0, 0.05) is 0 Å². The smallest absolute Gasteiger partial charge is 0.324 e. The van der Waals surface area contributed by atoms with E-state index in [9.17, 15) is 9.59 Å². The van der Waals surface area contributed by atoms with Gasteiger partial charge in [0.1, 0.15) is 10.5 Å². The predicted octanol–water partition coefficient (Wildman–Crippen LogP) is 1.02. The van der Waals surface area contributed by atoms with Gasteiger partial charge in [-0.25, -0.2) is 4.79 Å². The van der Waals surface area contributed by atoms with Crippen molar-refractivity contribution in [2.45, 2.75) is 25.9 Å². The fourth-order valence-corrected chi connectivity index (χ4v) is 2.25. The van der Waals surface area contributed by atoms with E-state index < -0.39 is 11.6 Å². The van der Waals surface area contributed by atoms with E-state index in [0.29, 0.717) is 9.47 Å². The van der Waals surface area contributed by atoms with Gasteiger partial charge in [0.25, 0.3) is 5.91 Å². The van der Waals surface area contributed by atoms with Crippen molar-refractivity contribution in [2.24, 2.45) is 0 Å². The molecular formula is C8H9ClN4O2S. The molecule has 86 valence electrons. The zero-order chi connectivity index (χ0) is 11.9. The van der Waals surface area contributed by atoms with Crippen molar-refractivity contribution in [3.05, 3.63) is 9.47 Å². The molecule has 1 saturated heterocycles. The van der Waals surface area contributed by atoms with Gasteiger partial charge in [-0.3, -0.25) is 9.69 Å². The lowest BCUT2D eigenvalue weighted by molar-refractivity contribution is -0.130. The van der Waals surface area contributed by atoms with Crippen molar-refractivity contribution in [1.82, 2.24) is 20.4 Å². The van der Waals surface area contributed by atoms with Crippen LogP contribution in [0.15, 0.2) is 0 Å². The standard InChI is InChI=1S/C8H9ClN4O2S/c1-8(2)5(14)13(7(15)10-8)3-4-11-12-6(9)16-4/h3H2,1-2H3,(H,10,15). The fourth-order valence-electron chi connectivity index (χ4n) is 1.39. The molecule has 1 aromatic rings. The van der Waals surface area contributed by atoms with Crippen molar-refractivity contribution in [3.63, 3.8) is 0 Å². The van der Waals surface area contributed by atoms with Gasteiger partial charge >= 0.3 is 6.03 Å². The van der Waals surface area contributed by atoms with Gasteiger partial charge in [0.2, 0.25) is 4.47 Å². The second-order valence-electron chi connectivity index (χ2n) is 3.90. The number of carbonyl (C=O) groups is 2. The highest BCUT2D eigenvalue weighted by atomic mass is 35.5. The van der Waals surface area contributed by atoms with Crippen LogP contribution in [0.4, 0.5) is 4.79 Å². The number of urea groups is 1. The summed E-state index contributed by atoms with van der Waals surface area (Å²) in [7, 11) is 0. The van der Waals surface area contributed by atoms with E-state index in [4.69, 9.17) is 11.6 Å². The molecular weight excluding hydrogens is 252 g/mol. The second kappa shape index (κ2) is 3.67. The number of imide groups is 1. The third-order valence-corrected chi connectivity index (χ3v) is 3.18. The Morgan fingerprint density at radius 2 is 2.12 bits per heavy atom. The Hall–Kier alpha value is -1.21. The fraction of sp³-hybridized carbons (Fsp3) is 0.500. The summed E-state index contributed by atoms with van der Waals surface area (Å²) in [6.07, 6.45) is 0. The molecule has 0 aliphatic carbocycles. The minimum Gasteiger partial charge on any atom is -0.324 e. The van der Waals surface area contributed by atoms with Crippen LogP contribution in [-0.4, -0.2) is 32.6 Å². The number of hydrogen-bond donors (Lipinski definition) is 1. The first kappa shape index (κ1) is 11.3. The van der Waals surface area contributed by atoms with E-state index in [0.717, 1.165) is 16.2 Å². The summed E-state index contributed by atoms with van der Waals surface area (Å²) in [5.74, 6) is -0.274. The van der Waals surface area contributed by atoms with Crippen LogP contribution in [0.3, 0.4) is 0 Å². The van der Waals surface area contributed by atoms with Crippen molar-refractivity contribution in [2.75, 3.05) is 0 Å². The molecule has 0 spiro atoms. The Kier molecular flexibility index (Phi) is 2.59. The third-order valence-electron chi connectivity index (χ3n) is 2.18. The molecule has 3 amide bonds. The largest absolute Gasteiger partial charge is 0.325 e. The molecule has 1 aromatic heterocycles. The summed E-state index contributed by atoms with van der Waals surface area (Å²) in [6.45, 7) is 3.42. The highest BCUT2D eigenvalue weighted by Gasteiger charge is 2.44. The molecule has 2 rings (SSSR count). The van der Waals surface area contributed by atoms with Gasteiger partial charge in [0.15, 0.2) is 0 Å². The number of halogens is 1.